The summed E-state index contributed by atoms with van der Waals surface area (Å²) < 4.78 is 0. The Morgan fingerprint density at radius 2 is 1.63 bits per heavy atom. The standard InChI is InChI=1S/C24H35N7O7/c25-24(26)28-11-5-9-16(21(35)31-18(23(37)38)12-14-6-2-1-3-7-14)29-22(36)17(13-19(32)33)30-20(34)15-8-4-10-27-15/h1-3,6-7,15-18,27H,4-5,8-13H2,(H,29,36)(H,30,34)(H,31,35)(H,32,33)(H,37,38)(H4,25,26,28). The quantitative estimate of drug-likeness (QED) is 0.0704. The minimum Gasteiger partial charge on any atom is -0.481 e. The van der Waals surface area contributed by atoms with Crippen LogP contribution >= 0.6 is 0 Å². The van der Waals surface area contributed by atoms with E-state index in [1.54, 1.807) is 30.3 Å². The number of carboxylic acid groups (broad SMARTS) is 2. The molecule has 14 nitrogen and oxygen atoms in total. The molecule has 38 heavy (non-hydrogen) atoms. The van der Waals surface area contributed by atoms with Gasteiger partial charge in [-0.15, -0.1) is 0 Å². The number of nitrogens with zero attached hydrogens (tertiary/aromatic N) is 1. The number of amides is 3. The zero-order valence-corrected chi connectivity index (χ0v) is 20.9. The van der Waals surface area contributed by atoms with Crippen LogP contribution in [0.25, 0.3) is 0 Å². The average molecular weight is 534 g/mol. The molecular weight excluding hydrogens is 498 g/mol. The number of rotatable bonds is 15. The Morgan fingerprint density at radius 1 is 0.974 bits per heavy atom. The van der Waals surface area contributed by atoms with Crippen molar-refractivity contribution in [1.82, 2.24) is 21.3 Å². The smallest absolute Gasteiger partial charge is 0.326 e. The van der Waals surface area contributed by atoms with Crippen molar-refractivity contribution in [2.75, 3.05) is 13.1 Å². The highest BCUT2D eigenvalue weighted by molar-refractivity contribution is 5.95. The lowest BCUT2D eigenvalue weighted by atomic mass is 10.0. The lowest BCUT2D eigenvalue weighted by molar-refractivity contribution is -0.143. The summed E-state index contributed by atoms with van der Waals surface area (Å²) in [6.45, 7) is 0.761. The summed E-state index contributed by atoms with van der Waals surface area (Å²) in [6, 6.07) is 4.15. The maximum Gasteiger partial charge on any atom is 0.326 e. The maximum atomic E-state index is 13.1. The van der Waals surface area contributed by atoms with Crippen molar-refractivity contribution in [3.63, 3.8) is 0 Å². The van der Waals surface area contributed by atoms with Crippen molar-refractivity contribution in [1.29, 1.82) is 0 Å². The minimum absolute atomic E-state index is 0.00264. The fraction of sp³-hybridized carbons (Fsp3) is 0.500. The molecule has 1 aliphatic rings. The first-order valence-corrected chi connectivity index (χ1v) is 12.2. The Kier molecular flexibility index (Phi) is 12.0. The Hall–Kier alpha value is -4.20. The third-order valence-electron chi connectivity index (χ3n) is 5.86. The molecule has 10 N–H and O–H groups in total. The zero-order valence-electron chi connectivity index (χ0n) is 20.9. The summed E-state index contributed by atoms with van der Waals surface area (Å²) >= 11 is 0. The molecule has 0 aliphatic carbocycles. The Labute approximate surface area is 219 Å². The summed E-state index contributed by atoms with van der Waals surface area (Å²) in [7, 11) is 0. The molecule has 1 aliphatic heterocycles. The molecule has 1 heterocycles. The molecule has 1 fully saturated rings. The van der Waals surface area contributed by atoms with Crippen LogP contribution in [0.3, 0.4) is 0 Å². The van der Waals surface area contributed by atoms with Crippen molar-refractivity contribution in [2.45, 2.75) is 62.7 Å². The molecule has 2 rings (SSSR count). The van der Waals surface area contributed by atoms with E-state index in [0.29, 0.717) is 18.5 Å². The van der Waals surface area contributed by atoms with E-state index >= 15 is 0 Å². The topological polar surface area (TPSA) is 238 Å². The number of aliphatic imine (C=N–C) groups is 1. The summed E-state index contributed by atoms with van der Waals surface area (Å²) in [5, 5.41) is 29.2. The third-order valence-corrected chi connectivity index (χ3v) is 5.86. The van der Waals surface area contributed by atoms with Crippen LogP contribution in [0, 0.1) is 0 Å². The molecule has 1 saturated heterocycles. The van der Waals surface area contributed by atoms with E-state index in [1.165, 1.54) is 0 Å². The minimum atomic E-state index is -1.45. The maximum absolute atomic E-state index is 13.1. The number of carbonyl (C=O) groups is 5. The van der Waals surface area contributed by atoms with Gasteiger partial charge in [-0.2, -0.15) is 0 Å². The number of guanidine groups is 1. The van der Waals surface area contributed by atoms with Gasteiger partial charge in [-0.25, -0.2) is 4.79 Å². The number of nitrogens with one attached hydrogen (secondary N) is 4. The first-order valence-electron chi connectivity index (χ1n) is 12.2. The van der Waals surface area contributed by atoms with Crippen LogP contribution in [0.15, 0.2) is 35.3 Å². The van der Waals surface area contributed by atoms with Crippen LogP contribution in [0.1, 0.15) is 37.7 Å². The Morgan fingerprint density at radius 3 is 2.21 bits per heavy atom. The van der Waals surface area contributed by atoms with E-state index in [9.17, 15) is 34.2 Å². The number of nitrogens with two attached hydrogens (primary N) is 2. The normalized spacial score (nSPS) is 16.9. The van der Waals surface area contributed by atoms with Crippen molar-refractivity contribution in [3.8, 4) is 0 Å². The van der Waals surface area contributed by atoms with Gasteiger partial charge in [0.25, 0.3) is 0 Å². The van der Waals surface area contributed by atoms with Crippen LogP contribution < -0.4 is 32.7 Å². The number of hydrogen-bond acceptors (Lipinski definition) is 7. The largest absolute Gasteiger partial charge is 0.481 e. The summed E-state index contributed by atoms with van der Waals surface area (Å²) in [5.41, 5.74) is 11.3. The van der Waals surface area contributed by atoms with Gasteiger partial charge in [-0.3, -0.25) is 24.2 Å². The Bertz CT molecular complexity index is 1010. The molecule has 0 spiro atoms. The van der Waals surface area contributed by atoms with Gasteiger partial charge in [-0.05, 0) is 37.8 Å². The van der Waals surface area contributed by atoms with Crippen LogP contribution in [-0.4, -0.2) is 83.1 Å². The molecule has 4 unspecified atom stereocenters. The van der Waals surface area contributed by atoms with Gasteiger partial charge in [0.1, 0.15) is 18.1 Å². The number of carboxylic acids is 2. The van der Waals surface area contributed by atoms with Gasteiger partial charge in [0.2, 0.25) is 17.7 Å². The lowest BCUT2D eigenvalue weighted by Crippen LogP contribution is -2.57. The first kappa shape index (κ1) is 30.0. The molecule has 0 bridgehead atoms. The monoisotopic (exact) mass is 533 g/mol. The highest BCUT2D eigenvalue weighted by Gasteiger charge is 2.32. The highest BCUT2D eigenvalue weighted by Crippen LogP contribution is 2.08. The van der Waals surface area contributed by atoms with Crippen LogP contribution in [0.4, 0.5) is 0 Å². The predicted molar refractivity (Wildman–Crippen MR) is 137 cm³/mol. The summed E-state index contributed by atoms with van der Waals surface area (Å²) in [5.74, 6) is -4.96. The van der Waals surface area contributed by atoms with E-state index in [0.717, 1.165) is 6.42 Å². The fourth-order valence-electron chi connectivity index (χ4n) is 3.93. The van der Waals surface area contributed by atoms with Gasteiger partial charge in [0, 0.05) is 13.0 Å². The van der Waals surface area contributed by atoms with Gasteiger partial charge in [0.05, 0.1) is 12.5 Å². The van der Waals surface area contributed by atoms with Gasteiger partial charge < -0.3 is 42.9 Å². The lowest BCUT2D eigenvalue weighted by Gasteiger charge is -2.24. The van der Waals surface area contributed by atoms with E-state index in [2.05, 4.69) is 26.3 Å². The molecule has 4 atom stereocenters. The van der Waals surface area contributed by atoms with Gasteiger partial charge in [-0.1, -0.05) is 30.3 Å². The van der Waals surface area contributed by atoms with Crippen LogP contribution in [-0.2, 0) is 30.4 Å². The molecule has 208 valence electrons. The highest BCUT2D eigenvalue weighted by atomic mass is 16.4. The molecule has 0 aromatic heterocycles. The van der Waals surface area contributed by atoms with E-state index < -0.39 is 60.2 Å². The second-order valence-corrected chi connectivity index (χ2v) is 8.91. The molecule has 1 aromatic rings. The number of hydrogen-bond donors (Lipinski definition) is 8. The first-order chi connectivity index (χ1) is 18.1. The van der Waals surface area contributed by atoms with Crippen molar-refractivity contribution in [3.05, 3.63) is 35.9 Å². The molecular formula is C24H35N7O7. The van der Waals surface area contributed by atoms with Gasteiger partial charge >= 0.3 is 11.9 Å². The zero-order chi connectivity index (χ0) is 28.1. The van der Waals surface area contributed by atoms with E-state index in [1.807, 2.05) is 0 Å². The Balaban J connectivity index is 2.15. The van der Waals surface area contributed by atoms with Gasteiger partial charge in [0.15, 0.2) is 5.96 Å². The average Bonchev–Trinajstić information content (AvgIpc) is 3.40. The predicted octanol–water partition coefficient (Wildman–Crippen LogP) is -1.95. The third kappa shape index (κ3) is 10.4. The molecule has 3 amide bonds. The SMILES string of the molecule is NC(N)=NCCCC(NC(=O)C(CC(=O)O)NC(=O)C1CCCN1)C(=O)NC(Cc1ccccc1)C(=O)O. The van der Waals surface area contributed by atoms with Crippen molar-refractivity contribution >= 4 is 35.6 Å². The van der Waals surface area contributed by atoms with Crippen LogP contribution in [0.2, 0.25) is 0 Å². The van der Waals surface area contributed by atoms with Crippen molar-refractivity contribution < 1.29 is 34.2 Å². The number of benzene rings is 1. The molecule has 14 heteroatoms. The second kappa shape index (κ2) is 15.1. The molecule has 1 aromatic carbocycles. The second-order valence-electron chi connectivity index (χ2n) is 8.91. The molecule has 0 saturated carbocycles. The summed E-state index contributed by atoms with van der Waals surface area (Å²) in [6.07, 6.45) is 0.861. The van der Waals surface area contributed by atoms with Crippen LogP contribution in [0.5, 0.6) is 0 Å². The fourth-order valence-corrected chi connectivity index (χ4v) is 3.93. The molecule has 0 radical (unpaired) electrons. The van der Waals surface area contributed by atoms with E-state index in [4.69, 9.17) is 11.5 Å². The van der Waals surface area contributed by atoms with E-state index in [-0.39, 0.29) is 31.8 Å². The number of carbonyl (C=O) groups excluding carboxylic acids is 3. The number of aliphatic carboxylic acids is 2. The summed E-state index contributed by atoms with van der Waals surface area (Å²) in [4.78, 5) is 65.7. The van der Waals surface area contributed by atoms with Crippen molar-refractivity contribution in [2.24, 2.45) is 16.5 Å².